The Bertz CT molecular complexity index is 895. The SMILES string of the molecule is [I-].c1ccc([Se]CCC[P+](c2ccccc2)(c2ccccc2)c2ccccc2)cc1. The molecule has 0 aromatic heterocycles. The van der Waals surface area contributed by atoms with Crippen molar-refractivity contribution in [3.8, 4) is 0 Å². The Hall–Kier alpha value is -1.44. The normalized spacial score (nSPS) is 10.9. The van der Waals surface area contributed by atoms with Crippen LogP contribution in [0.25, 0.3) is 0 Å². The molecule has 0 fully saturated rings. The molecule has 4 aromatic carbocycles. The van der Waals surface area contributed by atoms with E-state index in [1.807, 2.05) is 0 Å². The van der Waals surface area contributed by atoms with Gasteiger partial charge < -0.3 is 24.0 Å². The Morgan fingerprint density at radius 3 is 1.27 bits per heavy atom. The first-order chi connectivity index (χ1) is 14.4. The van der Waals surface area contributed by atoms with Gasteiger partial charge in [0.1, 0.15) is 0 Å². The Morgan fingerprint density at radius 1 is 0.500 bits per heavy atom. The van der Waals surface area contributed by atoms with E-state index in [2.05, 4.69) is 121 Å². The first-order valence-corrected chi connectivity index (χ1v) is 14.2. The first kappa shape index (κ1) is 23.2. The molecule has 0 bridgehead atoms. The van der Waals surface area contributed by atoms with Crippen molar-refractivity contribution in [1.29, 1.82) is 0 Å². The number of halogens is 1. The van der Waals surface area contributed by atoms with Gasteiger partial charge in [-0.2, -0.15) is 0 Å². The van der Waals surface area contributed by atoms with Gasteiger partial charge in [0.05, 0.1) is 0 Å². The van der Waals surface area contributed by atoms with E-state index < -0.39 is 7.26 Å². The minimum absolute atomic E-state index is 0. The standard InChI is InChI=1S/C27H26PSe.HI/c1-5-14-24(15-6-1)28(25-16-7-2-8-17-25,26-18-9-3-10-19-26)22-13-23-29-27-20-11-4-12-21-27;/h1-12,14-21H,13,22-23H2;1H/q+1;/p-1. The zero-order chi connectivity index (χ0) is 19.8. The van der Waals surface area contributed by atoms with Crippen LogP contribution in [0.5, 0.6) is 0 Å². The molecule has 0 aliphatic heterocycles. The van der Waals surface area contributed by atoms with Gasteiger partial charge in [-0.1, -0.05) is 0 Å². The second-order valence-corrected chi connectivity index (χ2v) is 13.1. The van der Waals surface area contributed by atoms with Crippen LogP contribution in [0.3, 0.4) is 0 Å². The van der Waals surface area contributed by atoms with Gasteiger partial charge in [-0.15, -0.1) is 0 Å². The molecule has 0 heterocycles. The number of hydrogen-bond acceptors (Lipinski definition) is 0. The summed E-state index contributed by atoms with van der Waals surface area (Å²) in [7, 11) is -1.66. The molecular weight excluding hydrogens is 561 g/mol. The summed E-state index contributed by atoms with van der Waals surface area (Å²) in [4.78, 5) is 0. The Morgan fingerprint density at radius 2 is 0.867 bits per heavy atom. The molecule has 30 heavy (non-hydrogen) atoms. The van der Waals surface area contributed by atoms with Crippen LogP contribution in [0.2, 0.25) is 5.32 Å². The van der Waals surface area contributed by atoms with Gasteiger partial charge in [-0.3, -0.25) is 0 Å². The van der Waals surface area contributed by atoms with E-state index in [1.54, 1.807) is 0 Å². The van der Waals surface area contributed by atoms with E-state index in [0.29, 0.717) is 15.0 Å². The van der Waals surface area contributed by atoms with E-state index in [9.17, 15) is 0 Å². The maximum absolute atomic E-state index is 2.34. The summed E-state index contributed by atoms with van der Waals surface area (Å²) in [5.74, 6) is 0. The van der Waals surface area contributed by atoms with Gasteiger partial charge >= 0.3 is 182 Å². The summed E-state index contributed by atoms with van der Waals surface area (Å²) < 4.78 is 1.50. The van der Waals surface area contributed by atoms with Crippen molar-refractivity contribution < 1.29 is 24.0 Å². The van der Waals surface area contributed by atoms with E-state index in [-0.39, 0.29) is 24.0 Å². The van der Waals surface area contributed by atoms with Crippen molar-refractivity contribution in [2.45, 2.75) is 11.7 Å². The van der Waals surface area contributed by atoms with E-state index in [1.165, 1.54) is 38.3 Å². The van der Waals surface area contributed by atoms with E-state index in [4.69, 9.17) is 0 Å². The molecule has 0 nitrogen and oxygen atoms in total. The molecule has 4 aromatic rings. The summed E-state index contributed by atoms with van der Waals surface area (Å²) in [6.07, 6.45) is 2.47. The molecule has 152 valence electrons. The summed E-state index contributed by atoms with van der Waals surface area (Å²) in [6.45, 7) is 0. The number of benzene rings is 4. The second kappa shape index (κ2) is 11.8. The van der Waals surface area contributed by atoms with Crippen LogP contribution in [-0.2, 0) is 0 Å². The van der Waals surface area contributed by atoms with Crippen molar-refractivity contribution in [2.75, 3.05) is 6.16 Å². The van der Waals surface area contributed by atoms with Gasteiger partial charge in [0, 0.05) is 0 Å². The molecule has 0 aliphatic rings. The van der Waals surface area contributed by atoms with Crippen LogP contribution in [-0.4, -0.2) is 21.1 Å². The van der Waals surface area contributed by atoms with Crippen LogP contribution in [0.15, 0.2) is 121 Å². The average Bonchev–Trinajstić information content (AvgIpc) is 2.82. The van der Waals surface area contributed by atoms with Gasteiger partial charge in [0.25, 0.3) is 0 Å². The van der Waals surface area contributed by atoms with Crippen LogP contribution in [0.1, 0.15) is 6.42 Å². The van der Waals surface area contributed by atoms with Gasteiger partial charge in [0.15, 0.2) is 0 Å². The zero-order valence-corrected chi connectivity index (χ0v) is 21.7. The monoisotopic (exact) mass is 588 g/mol. The predicted molar refractivity (Wildman–Crippen MR) is 131 cm³/mol. The van der Waals surface area contributed by atoms with Crippen molar-refractivity contribution >= 4 is 42.6 Å². The predicted octanol–water partition coefficient (Wildman–Crippen LogP) is 1.82. The van der Waals surface area contributed by atoms with Crippen LogP contribution in [0, 0.1) is 0 Å². The van der Waals surface area contributed by atoms with E-state index >= 15 is 0 Å². The molecule has 0 N–H and O–H groups in total. The molecule has 0 amide bonds. The molecule has 4 rings (SSSR count). The summed E-state index contributed by atoms with van der Waals surface area (Å²) in [6, 6.07) is 44.6. The topological polar surface area (TPSA) is 0 Å². The van der Waals surface area contributed by atoms with Crippen molar-refractivity contribution in [3.63, 3.8) is 0 Å². The quantitative estimate of drug-likeness (QED) is 0.128. The molecule has 0 saturated heterocycles. The third kappa shape index (κ3) is 5.42. The molecule has 0 aliphatic carbocycles. The summed E-state index contributed by atoms with van der Waals surface area (Å²) in [5.41, 5.74) is 0. The third-order valence-corrected chi connectivity index (χ3v) is 12.1. The fourth-order valence-corrected chi connectivity index (χ4v) is 10.5. The van der Waals surface area contributed by atoms with Gasteiger partial charge in [-0.05, 0) is 0 Å². The van der Waals surface area contributed by atoms with Gasteiger partial charge in [-0.25, -0.2) is 0 Å². The molecule has 3 heteroatoms. The first-order valence-electron chi connectivity index (χ1n) is 10.1. The van der Waals surface area contributed by atoms with Crippen LogP contribution in [0.4, 0.5) is 0 Å². The number of rotatable bonds is 8. The second-order valence-electron chi connectivity index (χ2n) is 7.06. The fourth-order valence-electron chi connectivity index (χ4n) is 3.89. The average molecular weight is 587 g/mol. The van der Waals surface area contributed by atoms with E-state index in [0.717, 1.165) is 0 Å². The van der Waals surface area contributed by atoms with Crippen molar-refractivity contribution in [1.82, 2.24) is 0 Å². The Labute approximate surface area is 204 Å². The number of hydrogen-bond donors (Lipinski definition) is 0. The Kier molecular flexibility index (Phi) is 9.15. The molecule has 0 spiro atoms. The zero-order valence-electron chi connectivity index (χ0n) is 16.9. The fraction of sp³-hybridized carbons (Fsp3) is 0.111. The Balaban J connectivity index is 0.00000256. The minimum atomic E-state index is -1.66. The third-order valence-electron chi connectivity index (χ3n) is 5.24. The van der Waals surface area contributed by atoms with Crippen LogP contribution < -0.4 is 44.4 Å². The van der Waals surface area contributed by atoms with Crippen molar-refractivity contribution in [3.05, 3.63) is 121 Å². The molecule has 0 radical (unpaired) electrons. The molecular formula is C27H26IPSe. The van der Waals surface area contributed by atoms with Crippen molar-refractivity contribution in [2.24, 2.45) is 0 Å². The van der Waals surface area contributed by atoms with Crippen LogP contribution >= 0.6 is 7.26 Å². The molecule has 0 unspecified atom stereocenters. The maximum atomic E-state index is 2.34. The van der Waals surface area contributed by atoms with Gasteiger partial charge in [0.2, 0.25) is 0 Å². The summed E-state index contributed by atoms with van der Waals surface area (Å²) in [5, 5.41) is 5.75. The summed E-state index contributed by atoms with van der Waals surface area (Å²) >= 11 is 0.543. The molecule has 0 saturated carbocycles. The molecule has 0 atom stereocenters.